The van der Waals surface area contributed by atoms with Crippen molar-refractivity contribution in [1.82, 2.24) is 0 Å². The number of oxime groups is 1. The molecule has 0 atom stereocenters. The predicted molar refractivity (Wildman–Crippen MR) is 82.8 cm³/mol. The van der Waals surface area contributed by atoms with Crippen molar-refractivity contribution in [2.24, 2.45) is 5.16 Å². The smallest absolute Gasteiger partial charge is 0.160 e. The lowest BCUT2D eigenvalue weighted by Crippen LogP contribution is -1.97. The van der Waals surface area contributed by atoms with Crippen molar-refractivity contribution in [3.05, 3.63) is 59.2 Å². The number of hydrogen-bond acceptors (Lipinski definition) is 5. The average molecular weight is 296 g/mol. The lowest BCUT2D eigenvalue weighted by molar-refractivity contribution is 0.130. The number of ether oxygens (including phenoxy) is 1. The molecule has 112 valence electrons. The Balaban J connectivity index is 2.00. The summed E-state index contributed by atoms with van der Waals surface area (Å²) in [5, 5.41) is 22.5. The third-order valence-electron chi connectivity index (χ3n) is 3.11. The Kier molecular flexibility index (Phi) is 4.99. The first-order chi connectivity index (χ1) is 10.6. The zero-order chi connectivity index (χ0) is 15.9. The van der Waals surface area contributed by atoms with Crippen molar-refractivity contribution < 1.29 is 14.7 Å². The van der Waals surface area contributed by atoms with Gasteiger partial charge in [0, 0.05) is 5.56 Å². The van der Waals surface area contributed by atoms with Gasteiger partial charge in [-0.1, -0.05) is 17.3 Å². The summed E-state index contributed by atoms with van der Waals surface area (Å²) < 4.78 is 4.99. The van der Waals surface area contributed by atoms with E-state index in [2.05, 4.69) is 11.2 Å². The van der Waals surface area contributed by atoms with E-state index in [9.17, 15) is 5.11 Å². The number of nitrogens with zero attached hydrogens (tertiary/aromatic N) is 2. The minimum Gasteiger partial charge on any atom is -0.504 e. The number of methoxy groups -OCH3 is 1. The Labute approximate surface area is 129 Å². The number of phenols is 1. The summed E-state index contributed by atoms with van der Waals surface area (Å²) in [4.78, 5) is 5.30. The van der Waals surface area contributed by atoms with Gasteiger partial charge in [-0.25, -0.2) is 0 Å². The van der Waals surface area contributed by atoms with E-state index in [4.69, 9.17) is 14.8 Å². The quantitative estimate of drug-likeness (QED) is 0.679. The highest BCUT2D eigenvalue weighted by Gasteiger charge is 2.05. The molecule has 0 aliphatic heterocycles. The van der Waals surface area contributed by atoms with Crippen molar-refractivity contribution in [3.63, 3.8) is 0 Å². The molecule has 5 heteroatoms. The highest BCUT2D eigenvalue weighted by Crippen LogP contribution is 2.26. The number of hydrogen-bond donors (Lipinski definition) is 1. The summed E-state index contributed by atoms with van der Waals surface area (Å²) in [5.41, 5.74) is 2.93. The summed E-state index contributed by atoms with van der Waals surface area (Å²) in [7, 11) is 1.50. The Bertz CT molecular complexity index is 716. The van der Waals surface area contributed by atoms with E-state index in [1.165, 1.54) is 7.11 Å². The van der Waals surface area contributed by atoms with Gasteiger partial charge in [-0.05, 0) is 42.8 Å². The van der Waals surface area contributed by atoms with E-state index in [0.717, 1.165) is 11.1 Å². The second kappa shape index (κ2) is 7.14. The molecule has 0 spiro atoms. The van der Waals surface area contributed by atoms with Crippen LogP contribution in [-0.4, -0.2) is 17.9 Å². The highest BCUT2D eigenvalue weighted by molar-refractivity contribution is 5.98. The number of phenolic OH excluding ortho intramolecular Hbond substituents is 1. The van der Waals surface area contributed by atoms with Crippen molar-refractivity contribution in [2.45, 2.75) is 13.5 Å². The second-order valence-corrected chi connectivity index (χ2v) is 4.65. The molecular weight excluding hydrogens is 280 g/mol. The maximum atomic E-state index is 9.75. The van der Waals surface area contributed by atoms with E-state index in [1.807, 2.05) is 12.1 Å². The number of benzene rings is 2. The monoisotopic (exact) mass is 296 g/mol. The second-order valence-electron chi connectivity index (χ2n) is 4.65. The summed E-state index contributed by atoms with van der Waals surface area (Å²) in [6.07, 6.45) is 0. The van der Waals surface area contributed by atoms with Crippen LogP contribution in [-0.2, 0) is 11.4 Å². The van der Waals surface area contributed by atoms with Crippen molar-refractivity contribution in [3.8, 4) is 17.6 Å². The summed E-state index contributed by atoms with van der Waals surface area (Å²) in [5.74, 6) is 0.469. The van der Waals surface area contributed by atoms with Crippen LogP contribution >= 0.6 is 0 Å². The maximum absolute atomic E-state index is 9.75. The first-order valence-corrected chi connectivity index (χ1v) is 6.67. The van der Waals surface area contributed by atoms with Crippen LogP contribution in [0.3, 0.4) is 0 Å². The summed E-state index contributed by atoms with van der Waals surface area (Å²) in [6.45, 7) is 2.10. The van der Waals surface area contributed by atoms with Gasteiger partial charge < -0.3 is 14.7 Å². The molecule has 1 N–H and O–H groups in total. The minimum absolute atomic E-state index is 0.0571. The normalized spacial score (nSPS) is 10.9. The van der Waals surface area contributed by atoms with E-state index in [-0.39, 0.29) is 5.75 Å². The van der Waals surface area contributed by atoms with Crippen LogP contribution in [0.25, 0.3) is 0 Å². The minimum atomic E-state index is 0.0571. The lowest BCUT2D eigenvalue weighted by atomic mass is 10.1. The molecule has 5 nitrogen and oxygen atoms in total. The molecule has 2 aromatic rings. The molecular formula is C17H16N2O3. The molecule has 0 aliphatic rings. The predicted octanol–water partition coefficient (Wildman–Crippen LogP) is 3.21. The molecule has 2 rings (SSSR count). The lowest BCUT2D eigenvalue weighted by Gasteiger charge is -2.06. The number of aromatic hydroxyl groups is 1. The Morgan fingerprint density at radius 1 is 1.23 bits per heavy atom. The maximum Gasteiger partial charge on any atom is 0.160 e. The molecule has 2 aromatic carbocycles. The first-order valence-electron chi connectivity index (χ1n) is 6.67. The van der Waals surface area contributed by atoms with E-state index in [0.29, 0.717) is 23.6 Å². The molecule has 0 unspecified atom stereocenters. The van der Waals surface area contributed by atoms with Crippen LogP contribution in [0.15, 0.2) is 47.6 Å². The molecule has 0 bridgehead atoms. The van der Waals surface area contributed by atoms with Crippen LogP contribution in [0.4, 0.5) is 0 Å². The SMILES string of the molecule is COc1ccc(/C(C)=N/OCc2ccc(C#N)cc2)cc1O. The van der Waals surface area contributed by atoms with Gasteiger partial charge in [-0.15, -0.1) is 0 Å². The van der Waals surface area contributed by atoms with E-state index < -0.39 is 0 Å². The van der Waals surface area contributed by atoms with Gasteiger partial charge in [0.1, 0.15) is 6.61 Å². The number of rotatable bonds is 5. The average Bonchev–Trinajstić information content (AvgIpc) is 2.55. The van der Waals surface area contributed by atoms with Crippen LogP contribution in [0.2, 0.25) is 0 Å². The van der Waals surface area contributed by atoms with E-state index in [1.54, 1.807) is 37.3 Å². The Morgan fingerprint density at radius 2 is 1.95 bits per heavy atom. The fourth-order valence-electron chi connectivity index (χ4n) is 1.85. The van der Waals surface area contributed by atoms with Crippen LogP contribution in [0, 0.1) is 11.3 Å². The molecule has 0 aliphatic carbocycles. The van der Waals surface area contributed by atoms with Gasteiger partial charge in [0.15, 0.2) is 11.5 Å². The fourth-order valence-corrected chi connectivity index (χ4v) is 1.85. The largest absolute Gasteiger partial charge is 0.504 e. The van der Waals surface area contributed by atoms with Crippen LogP contribution in [0.1, 0.15) is 23.6 Å². The van der Waals surface area contributed by atoms with Gasteiger partial charge >= 0.3 is 0 Å². The summed E-state index contributed by atoms with van der Waals surface area (Å²) >= 11 is 0. The topological polar surface area (TPSA) is 74.8 Å². The fraction of sp³-hybridized carbons (Fsp3) is 0.176. The Hall–Kier alpha value is -3.00. The number of nitriles is 1. The molecule has 0 aromatic heterocycles. The van der Waals surface area contributed by atoms with Gasteiger partial charge in [0.2, 0.25) is 0 Å². The van der Waals surface area contributed by atoms with Crippen molar-refractivity contribution in [2.75, 3.05) is 7.11 Å². The third kappa shape index (κ3) is 3.76. The zero-order valence-corrected chi connectivity index (χ0v) is 12.4. The van der Waals surface area contributed by atoms with Gasteiger partial charge in [-0.3, -0.25) is 0 Å². The zero-order valence-electron chi connectivity index (χ0n) is 12.4. The molecule has 0 saturated heterocycles. The van der Waals surface area contributed by atoms with Crippen molar-refractivity contribution in [1.29, 1.82) is 5.26 Å². The van der Waals surface area contributed by atoms with Gasteiger partial charge in [0.25, 0.3) is 0 Å². The molecule has 0 fully saturated rings. The van der Waals surface area contributed by atoms with Crippen LogP contribution in [0.5, 0.6) is 11.5 Å². The Morgan fingerprint density at radius 3 is 2.55 bits per heavy atom. The molecule has 0 radical (unpaired) electrons. The third-order valence-corrected chi connectivity index (χ3v) is 3.11. The molecule has 22 heavy (non-hydrogen) atoms. The standard InChI is InChI=1S/C17H16N2O3/c1-12(15-7-8-17(21-2)16(20)9-15)19-22-11-14-5-3-13(10-18)4-6-14/h3-9,20H,11H2,1-2H3/b19-12+. The molecule has 0 amide bonds. The highest BCUT2D eigenvalue weighted by atomic mass is 16.6. The van der Waals surface area contributed by atoms with Gasteiger partial charge in [-0.2, -0.15) is 5.26 Å². The molecule has 0 saturated carbocycles. The van der Waals surface area contributed by atoms with Gasteiger partial charge in [0.05, 0.1) is 24.5 Å². The molecule has 0 heterocycles. The van der Waals surface area contributed by atoms with Crippen LogP contribution < -0.4 is 4.74 Å². The van der Waals surface area contributed by atoms with E-state index >= 15 is 0 Å². The first kappa shape index (κ1) is 15.4. The van der Waals surface area contributed by atoms with Crippen molar-refractivity contribution >= 4 is 5.71 Å². The summed E-state index contributed by atoms with van der Waals surface area (Å²) in [6, 6.07) is 14.2.